The van der Waals surface area contributed by atoms with Gasteiger partial charge in [0, 0.05) is 12.7 Å². The Morgan fingerprint density at radius 2 is 1.90 bits per heavy atom. The molecular weight excluding hydrogens is 269 g/mol. The maximum atomic E-state index is 13.9. The molecule has 0 aromatic heterocycles. The van der Waals surface area contributed by atoms with Gasteiger partial charge in [0.05, 0.1) is 0 Å². The third-order valence-corrected chi connectivity index (χ3v) is 3.15. The SMILES string of the molecule is CCCc1ccc(OC(=O)N(C)c2ccccc2)c(F)c1. The number of ether oxygens (including phenoxy) is 1. The third kappa shape index (κ3) is 3.81. The fourth-order valence-electron chi connectivity index (χ4n) is 1.99. The molecule has 0 aliphatic carbocycles. The quantitative estimate of drug-likeness (QED) is 0.833. The Balaban J connectivity index is 2.09. The number of rotatable bonds is 4. The summed E-state index contributed by atoms with van der Waals surface area (Å²) in [7, 11) is 1.58. The molecule has 0 N–H and O–H groups in total. The van der Waals surface area contributed by atoms with E-state index < -0.39 is 11.9 Å². The Hall–Kier alpha value is -2.36. The first-order chi connectivity index (χ1) is 10.1. The lowest BCUT2D eigenvalue weighted by Gasteiger charge is -2.17. The zero-order valence-electron chi connectivity index (χ0n) is 12.2. The van der Waals surface area contributed by atoms with Gasteiger partial charge in [0.15, 0.2) is 11.6 Å². The smallest absolute Gasteiger partial charge is 0.407 e. The van der Waals surface area contributed by atoms with Crippen molar-refractivity contribution in [2.45, 2.75) is 19.8 Å². The number of carbonyl (C=O) groups excluding carboxylic acids is 1. The van der Waals surface area contributed by atoms with Gasteiger partial charge in [-0.15, -0.1) is 0 Å². The number of amides is 1. The van der Waals surface area contributed by atoms with Crippen LogP contribution < -0.4 is 9.64 Å². The average molecular weight is 287 g/mol. The minimum atomic E-state index is -0.622. The van der Waals surface area contributed by atoms with E-state index in [0.717, 1.165) is 18.4 Å². The van der Waals surface area contributed by atoms with E-state index in [1.807, 2.05) is 25.1 Å². The van der Waals surface area contributed by atoms with Gasteiger partial charge in [-0.1, -0.05) is 37.6 Å². The molecule has 0 aliphatic rings. The van der Waals surface area contributed by atoms with Gasteiger partial charge in [-0.25, -0.2) is 9.18 Å². The van der Waals surface area contributed by atoms with Gasteiger partial charge in [-0.05, 0) is 36.2 Å². The molecule has 0 saturated carbocycles. The van der Waals surface area contributed by atoms with Crippen LogP contribution in [0, 0.1) is 5.82 Å². The standard InChI is InChI=1S/C17H18FNO2/c1-3-7-13-10-11-16(15(18)12-13)21-17(20)19(2)14-8-5-4-6-9-14/h4-6,8-12H,3,7H2,1-2H3. The predicted octanol–water partition coefficient (Wildman–Crippen LogP) is 4.41. The molecule has 0 saturated heterocycles. The number of hydrogen-bond donors (Lipinski definition) is 0. The summed E-state index contributed by atoms with van der Waals surface area (Å²) < 4.78 is 19.0. The van der Waals surface area contributed by atoms with Crippen LogP contribution in [0.3, 0.4) is 0 Å². The second kappa shape index (κ2) is 6.88. The lowest BCUT2D eigenvalue weighted by atomic mass is 10.1. The number of aryl methyl sites for hydroxylation is 1. The van der Waals surface area contributed by atoms with Crippen LogP contribution in [0.2, 0.25) is 0 Å². The number of hydrogen-bond acceptors (Lipinski definition) is 2. The fourth-order valence-corrected chi connectivity index (χ4v) is 1.99. The van der Waals surface area contributed by atoms with Crippen molar-refractivity contribution < 1.29 is 13.9 Å². The van der Waals surface area contributed by atoms with Crippen LogP contribution in [-0.2, 0) is 6.42 Å². The largest absolute Gasteiger partial charge is 0.419 e. The molecule has 0 heterocycles. The van der Waals surface area contributed by atoms with E-state index in [0.29, 0.717) is 5.69 Å². The van der Waals surface area contributed by atoms with Gasteiger partial charge in [0.2, 0.25) is 0 Å². The van der Waals surface area contributed by atoms with Crippen LogP contribution in [0.4, 0.5) is 14.9 Å². The molecule has 0 spiro atoms. The maximum absolute atomic E-state index is 13.9. The number of para-hydroxylation sites is 1. The molecule has 21 heavy (non-hydrogen) atoms. The first-order valence-electron chi connectivity index (χ1n) is 6.91. The lowest BCUT2D eigenvalue weighted by Crippen LogP contribution is -2.29. The summed E-state index contributed by atoms with van der Waals surface area (Å²) in [5, 5.41) is 0. The van der Waals surface area contributed by atoms with Crippen LogP contribution in [0.15, 0.2) is 48.5 Å². The Kier molecular flexibility index (Phi) is 4.93. The maximum Gasteiger partial charge on any atom is 0.419 e. The van der Waals surface area contributed by atoms with E-state index in [4.69, 9.17) is 4.74 Å². The second-order valence-corrected chi connectivity index (χ2v) is 4.78. The van der Waals surface area contributed by atoms with Crippen LogP contribution in [0.1, 0.15) is 18.9 Å². The normalized spacial score (nSPS) is 10.2. The van der Waals surface area contributed by atoms with Gasteiger partial charge in [0.25, 0.3) is 0 Å². The highest BCUT2D eigenvalue weighted by molar-refractivity contribution is 5.88. The summed E-state index contributed by atoms with van der Waals surface area (Å²) in [4.78, 5) is 13.3. The zero-order chi connectivity index (χ0) is 15.2. The lowest BCUT2D eigenvalue weighted by molar-refractivity contribution is 0.207. The summed E-state index contributed by atoms with van der Waals surface area (Å²) in [6.45, 7) is 2.03. The highest BCUT2D eigenvalue weighted by Gasteiger charge is 2.15. The highest BCUT2D eigenvalue weighted by Crippen LogP contribution is 2.21. The van der Waals surface area contributed by atoms with Crippen molar-refractivity contribution in [3.8, 4) is 5.75 Å². The van der Waals surface area contributed by atoms with E-state index in [9.17, 15) is 9.18 Å². The second-order valence-electron chi connectivity index (χ2n) is 4.78. The molecule has 3 nitrogen and oxygen atoms in total. The zero-order valence-corrected chi connectivity index (χ0v) is 12.2. The van der Waals surface area contributed by atoms with Gasteiger partial charge in [-0.3, -0.25) is 4.90 Å². The summed E-state index contributed by atoms with van der Waals surface area (Å²) in [6.07, 6.45) is 1.12. The molecule has 0 radical (unpaired) electrons. The first-order valence-corrected chi connectivity index (χ1v) is 6.91. The third-order valence-electron chi connectivity index (χ3n) is 3.15. The van der Waals surface area contributed by atoms with Crippen molar-refractivity contribution in [2.24, 2.45) is 0 Å². The van der Waals surface area contributed by atoms with Gasteiger partial charge in [-0.2, -0.15) is 0 Å². The van der Waals surface area contributed by atoms with E-state index in [-0.39, 0.29) is 5.75 Å². The summed E-state index contributed by atoms with van der Waals surface area (Å²) in [6, 6.07) is 13.7. The Labute approximate surface area is 124 Å². The minimum Gasteiger partial charge on any atom is -0.407 e. The van der Waals surface area contributed by atoms with Crippen molar-refractivity contribution >= 4 is 11.8 Å². The minimum absolute atomic E-state index is 0.0531. The average Bonchev–Trinajstić information content (AvgIpc) is 2.50. The van der Waals surface area contributed by atoms with Crippen molar-refractivity contribution in [1.82, 2.24) is 0 Å². The summed E-state index contributed by atoms with van der Waals surface area (Å²) in [5.41, 5.74) is 1.58. The molecule has 0 atom stereocenters. The fraction of sp³-hybridized carbons (Fsp3) is 0.235. The number of halogens is 1. The molecule has 2 aromatic rings. The highest BCUT2D eigenvalue weighted by atomic mass is 19.1. The molecule has 4 heteroatoms. The van der Waals surface area contributed by atoms with Crippen LogP contribution in [-0.4, -0.2) is 13.1 Å². The molecule has 2 rings (SSSR count). The van der Waals surface area contributed by atoms with E-state index in [1.165, 1.54) is 17.0 Å². The van der Waals surface area contributed by atoms with Crippen molar-refractivity contribution in [3.63, 3.8) is 0 Å². The number of anilines is 1. The number of benzene rings is 2. The molecule has 0 aliphatic heterocycles. The molecule has 2 aromatic carbocycles. The molecular formula is C17H18FNO2. The van der Waals surface area contributed by atoms with Gasteiger partial charge < -0.3 is 4.74 Å². The van der Waals surface area contributed by atoms with E-state index in [2.05, 4.69) is 0 Å². The molecule has 1 amide bonds. The summed E-state index contributed by atoms with van der Waals surface area (Å²) in [5.74, 6) is -0.571. The first kappa shape index (κ1) is 15.0. The topological polar surface area (TPSA) is 29.5 Å². The van der Waals surface area contributed by atoms with E-state index in [1.54, 1.807) is 25.2 Å². The van der Waals surface area contributed by atoms with Crippen molar-refractivity contribution in [1.29, 1.82) is 0 Å². The molecule has 0 bridgehead atoms. The van der Waals surface area contributed by atoms with Gasteiger partial charge in [0.1, 0.15) is 0 Å². The molecule has 110 valence electrons. The van der Waals surface area contributed by atoms with Crippen LogP contribution in [0.25, 0.3) is 0 Å². The Bertz CT molecular complexity index is 613. The Morgan fingerprint density at radius 1 is 1.19 bits per heavy atom. The molecule has 0 fully saturated rings. The van der Waals surface area contributed by atoms with Crippen LogP contribution >= 0.6 is 0 Å². The predicted molar refractivity (Wildman–Crippen MR) is 81.3 cm³/mol. The molecule has 0 unspecified atom stereocenters. The van der Waals surface area contributed by atoms with Crippen molar-refractivity contribution in [2.75, 3.05) is 11.9 Å². The van der Waals surface area contributed by atoms with Crippen LogP contribution in [0.5, 0.6) is 5.75 Å². The van der Waals surface area contributed by atoms with E-state index >= 15 is 0 Å². The Morgan fingerprint density at radius 3 is 2.52 bits per heavy atom. The van der Waals surface area contributed by atoms with Gasteiger partial charge >= 0.3 is 6.09 Å². The number of carbonyl (C=O) groups is 1. The van der Waals surface area contributed by atoms with Crippen molar-refractivity contribution in [3.05, 3.63) is 59.9 Å². The number of nitrogens with zero attached hydrogens (tertiary/aromatic N) is 1. The summed E-state index contributed by atoms with van der Waals surface area (Å²) >= 11 is 0. The monoisotopic (exact) mass is 287 g/mol.